The lowest BCUT2D eigenvalue weighted by Crippen LogP contribution is -2.45. The van der Waals surface area contributed by atoms with Crippen molar-refractivity contribution < 1.29 is 13.9 Å². The molecule has 0 aromatic heterocycles. The first-order valence-corrected chi connectivity index (χ1v) is 11.4. The average Bonchev–Trinajstić information content (AvgIpc) is 2.83. The molecule has 5 heteroatoms. The lowest BCUT2D eigenvalue weighted by atomic mass is 9.74. The molecule has 3 nitrogen and oxygen atoms in total. The maximum absolute atomic E-state index is 13.5. The van der Waals surface area contributed by atoms with Crippen LogP contribution in [0.4, 0.5) is 4.39 Å². The summed E-state index contributed by atoms with van der Waals surface area (Å²) in [6.07, 6.45) is 1.58. The summed E-state index contributed by atoms with van der Waals surface area (Å²) in [6, 6.07) is 26.5. The highest BCUT2D eigenvalue weighted by Crippen LogP contribution is 2.37. The Morgan fingerprint density at radius 1 is 0.935 bits per heavy atom. The largest absolute Gasteiger partial charge is 0.381 e. The molecule has 0 bridgehead atoms. The summed E-state index contributed by atoms with van der Waals surface area (Å²) in [7, 11) is 0. The standard InChI is InChI=1S/C26H26FNO2S/c27-22-13-11-21(12-14-22)26(15-17-30-18-16-26)19-28-25(29)24(20-7-3-1-4-8-20)31-23-9-5-2-6-10-23/h1-14,24H,15-19H2,(H,28,29). The summed E-state index contributed by atoms with van der Waals surface area (Å²) >= 11 is 1.55. The Kier molecular flexibility index (Phi) is 7.05. The molecule has 1 amide bonds. The molecule has 1 aliphatic rings. The fraction of sp³-hybridized carbons (Fsp3) is 0.269. The van der Waals surface area contributed by atoms with E-state index >= 15 is 0 Å². The number of hydrogen-bond acceptors (Lipinski definition) is 3. The van der Waals surface area contributed by atoms with Gasteiger partial charge >= 0.3 is 0 Å². The van der Waals surface area contributed by atoms with Gasteiger partial charge in [0, 0.05) is 30.1 Å². The van der Waals surface area contributed by atoms with Gasteiger partial charge in [0.1, 0.15) is 11.1 Å². The molecule has 0 saturated carbocycles. The van der Waals surface area contributed by atoms with Gasteiger partial charge in [0.25, 0.3) is 0 Å². The molecule has 1 N–H and O–H groups in total. The first-order valence-electron chi connectivity index (χ1n) is 10.5. The van der Waals surface area contributed by atoms with Crippen molar-refractivity contribution in [2.24, 2.45) is 0 Å². The van der Waals surface area contributed by atoms with Gasteiger partial charge in [-0.1, -0.05) is 60.7 Å². The zero-order valence-corrected chi connectivity index (χ0v) is 18.1. The van der Waals surface area contributed by atoms with Gasteiger partial charge in [-0.3, -0.25) is 4.79 Å². The summed E-state index contributed by atoms with van der Waals surface area (Å²) < 4.78 is 19.1. The number of rotatable bonds is 7. The second-order valence-electron chi connectivity index (χ2n) is 7.84. The summed E-state index contributed by atoms with van der Waals surface area (Å²) in [6.45, 7) is 1.77. The molecule has 0 radical (unpaired) electrons. The zero-order chi connectivity index (χ0) is 21.5. The van der Waals surface area contributed by atoms with E-state index in [0.717, 1.165) is 28.9 Å². The predicted molar refractivity (Wildman–Crippen MR) is 123 cm³/mol. The smallest absolute Gasteiger partial charge is 0.238 e. The Labute approximate surface area is 187 Å². The van der Waals surface area contributed by atoms with E-state index in [2.05, 4.69) is 5.32 Å². The van der Waals surface area contributed by atoms with Crippen molar-refractivity contribution in [2.45, 2.75) is 28.4 Å². The van der Waals surface area contributed by atoms with Crippen LogP contribution in [-0.2, 0) is 14.9 Å². The van der Waals surface area contributed by atoms with Crippen molar-refractivity contribution >= 4 is 17.7 Å². The van der Waals surface area contributed by atoms with E-state index < -0.39 is 0 Å². The zero-order valence-electron chi connectivity index (χ0n) is 17.3. The summed E-state index contributed by atoms with van der Waals surface area (Å²) in [5, 5.41) is 2.86. The molecule has 160 valence electrons. The minimum Gasteiger partial charge on any atom is -0.381 e. The van der Waals surface area contributed by atoms with E-state index in [-0.39, 0.29) is 22.4 Å². The third kappa shape index (κ3) is 5.35. The van der Waals surface area contributed by atoms with E-state index in [0.29, 0.717) is 19.8 Å². The van der Waals surface area contributed by atoms with Gasteiger partial charge < -0.3 is 10.1 Å². The molecule has 1 saturated heterocycles. The minimum atomic E-state index is -0.353. The molecule has 3 aromatic carbocycles. The van der Waals surface area contributed by atoms with E-state index in [4.69, 9.17) is 4.74 Å². The Morgan fingerprint density at radius 2 is 1.55 bits per heavy atom. The van der Waals surface area contributed by atoms with Gasteiger partial charge in [0.2, 0.25) is 5.91 Å². The highest BCUT2D eigenvalue weighted by molar-refractivity contribution is 8.00. The third-order valence-corrected chi connectivity index (χ3v) is 7.11. The first kappa shape index (κ1) is 21.6. The summed E-state index contributed by atoms with van der Waals surface area (Å²) in [4.78, 5) is 14.4. The van der Waals surface area contributed by atoms with Crippen LogP contribution in [0.3, 0.4) is 0 Å². The number of nitrogens with one attached hydrogen (secondary N) is 1. The van der Waals surface area contributed by atoms with Crippen molar-refractivity contribution in [2.75, 3.05) is 19.8 Å². The van der Waals surface area contributed by atoms with Crippen LogP contribution >= 0.6 is 11.8 Å². The predicted octanol–water partition coefficient (Wildman–Crippen LogP) is 5.52. The van der Waals surface area contributed by atoms with Crippen LogP contribution in [0.25, 0.3) is 0 Å². The van der Waals surface area contributed by atoms with Gasteiger partial charge in [0.15, 0.2) is 0 Å². The fourth-order valence-corrected chi connectivity index (χ4v) is 5.09. The molecule has 0 spiro atoms. The summed E-state index contributed by atoms with van der Waals surface area (Å²) in [5.41, 5.74) is 1.77. The molecular formula is C26H26FNO2S. The Morgan fingerprint density at radius 3 is 2.19 bits per heavy atom. The quantitative estimate of drug-likeness (QED) is 0.497. The summed E-state index contributed by atoms with van der Waals surface area (Å²) in [5.74, 6) is -0.272. The number of amides is 1. The maximum Gasteiger partial charge on any atom is 0.238 e. The van der Waals surface area contributed by atoms with E-state index in [9.17, 15) is 9.18 Å². The number of carbonyl (C=O) groups excluding carboxylic acids is 1. The van der Waals surface area contributed by atoms with Gasteiger partial charge in [-0.15, -0.1) is 11.8 Å². The number of thioether (sulfide) groups is 1. The van der Waals surface area contributed by atoms with Crippen molar-refractivity contribution in [1.82, 2.24) is 5.32 Å². The van der Waals surface area contributed by atoms with E-state index in [1.807, 2.05) is 72.8 Å². The Hall–Kier alpha value is -2.63. The van der Waals surface area contributed by atoms with Crippen molar-refractivity contribution in [3.05, 3.63) is 102 Å². The number of benzene rings is 3. The van der Waals surface area contributed by atoms with Crippen LogP contribution in [0, 0.1) is 5.82 Å². The normalized spacial score (nSPS) is 16.4. The van der Waals surface area contributed by atoms with E-state index in [1.54, 1.807) is 11.8 Å². The van der Waals surface area contributed by atoms with Crippen LogP contribution < -0.4 is 5.32 Å². The minimum absolute atomic E-state index is 0.0203. The number of hydrogen-bond donors (Lipinski definition) is 1. The lowest BCUT2D eigenvalue weighted by molar-refractivity contribution is -0.121. The molecule has 1 aliphatic heterocycles. The number of ether oxygens (including phenoxy) is 1. The van der Waals surface area contributed by atoms with Gasteiger partial charge in [-0.25, -0.2) is 4.39 Å². The van der Waals surface area contributed by atoms with Crippen LogP contribution in [0.15, 0.2) is 89.8 Å². The molecular weight excluding hydrogens is 409 g/mol. The SMILES string of the molecule is O=C(NCC1(c2ccc(F)cc2)CCOCC1)C(Sc1ccccc1)c1ccccc1. The van der Waals surface area contributed by atoms with Crippen LogP contribution in [-0.4, -0.2) is 25.7 Å². The molecule has 31 heavy (non-hydrogen) atoms. The highest BCUT2D eigenvalue weighted by atomic mass is 32.2. The first-order chi connectivity index (χ1) is 15.2. The number of halogens is 1. The molecule has 3 aromatic rings. The molecule has 1 fully saturated rings. The highest BCUT2D eigenvalue weighted by Gasteiger charge is 2.35. The molecule has 1 heterocycles. The third-order valence-electron chi connectivity index (χ3n) is 5.85. The van der Waals surface area contributed by atoms with Crippen LogP contribution in [0.2, 0.25) is 0 Å². The van der Waals surface area contributed by atoms with Crippen molar-refractivity contribution in [3.8, 4) is 0 Å². The van der Waals surface area contributed by atoms with Crippen molar-refractivity contribution in [3.63, 3.8) is 0 Å². The topological polar surface area (TPSA) is 38.3 Å². The fourth-order valence-electron chi connectivity index (χ4n) is 4.02. The molecule has 1 atom stereocenters. The van der Waals surface area contributed by atoms with Gasteiger partial charge in [-0.05, 0) is 48.2 Å². The molecule has 1 unspecified atom stereocenters. The van der Waals surface area contributed by atoms with Crippen LogP contribution in [0.5, 0.6) is 0 Å². The maximum atomic E-state index is 13.5. The van der Waals surface area contributed by atoms with Gasteiger partial charge in [-0.2, -0.15) is 0 Å². The van der Waals surface area contributed by atoms with Crippen molar-refractivity contribution in [1.29, 1.82) is 0 Å². The number of carbonyl (C=O) groups is 1. The van der Waals surface area contributed by atoms with E-state index in [1.165, 1.54) is 12.1 Å². The Balaban J connectivity index is 1.54. The van der Waals surface area contributed by atoms with Crippen LogP contribution in [0.1, 0.15) is 29.2 Å². The average molecular weight is 436 g/mol. The second kappa shape index (κ2) is 10.1. The second-order valence-corrected chi connectivity index (χ2v) is 9.02. The molecule has 0 aliphatic carbocycles. The lowest BCUT2D eigenvalue weighted by Gasteiger charge is -2.38. The Bertz CT molecular complexity index is 973. The van der Waals surface area contributed by atoms with Gasteiger partial charge in [0.05, 0.1) is 0 Å². The monoisotopic (exact) mass is 435 g/mol. The molecule has 4 rings (SSSR count).